The third-order valence-corrected chi connectivity index (χ3v) is 2.07. The first-order valence-electron chi connectivity index (χ1n) is 5.30. The quantitative estimate of drug-likeness (QED) is 0.609. The van der Waals surface area contributed by atoms with Gasteiger partial charge in [0.1, 0.15) is 17.6 Å². The Labute approximate surface area is 101 Å². The Balaban J connectivity index is 4.93. The van der Waals surface area contributed by atoms with E-state index in [2.05, 4.69) is 0 Å². The maximum Gasteiger partial charge on any atom is 0.324 e. The van der Waals surface area contributed by atoms with Gasteiger partial charge in [-0.25, -0.2) is 0 Å². The summed E-state index contributed by atoms with van der Waals surface area (Å²) in [7, 11) is 0. The minimum Gasteiger partial charge on any atom is -0.481 e. The molecule has 2 unspecified atom stereocenters. The van der Waals surface area contributed by atoms with E-state index in [0.29, 0.717) is 0 Å². The van der Waals surface area contributed by atoms with E-state index in [4.69, 9.17) is 15.6 Å². The number of ether oxygens (including phenoxy) is 1. The molecule has 0 bridgehead atoms. The van der Waals surface area contributed by atoms with Crippen LogP contribution in [0, 0.1) is 5.92 Å². The van der Waals surface area contributed by atoms with Crippen molar-refractivity contribution >= 4 is 11.9 Å². The lowest BCUT2D eigenvalue weighted by atomic mass is 9.85. The molecule has 0 aliphatic heterocycles. The summed E-state index contributed by atoms with van der Waals surface area (Å²) in [4.78, 5) is 22.6. The van der Waals surface area contributed by atoms with Gasteiger partial charge >= 0.3 is 11.9 Å². The fourth-order valence-electron chi connectivity index (χ4n) is 1.40. The molecular weight excluding hydrogens is 226 g/mol. The Morgan fingerprint density at radius 1 is 1.18 bits per heavy atom. The second-order valence-electron chi connectivity index (χ2n) is 5.53. The Bertz CT molecular complexity index is 300. The number of rotatable bonds is 4. The molecule has 17 heavy (non-hydrogen) atoms. The van der Waals surface area contributed by atoms with Gasteiger partial charge in [0.05, 0.1) is 5.60 Å². The molecule has 4 N–H and O–H groups in total. The largest absolute Gasteiger partial charge is 0.481 e. The summed E-state index contributed by atoms with van der Waals surface area (Å²) < 4.78 is 4.99. The van der Waals surface area contributed by atoms with Crippen molar-refractivity contribution in [2.75, 3.05) is 0 Å². The second-order valence-corrected chi connectivity index (χ2v) is 5.53. The molecule has 0 aromatic rings. The predicted octanol–water partition coefficient (Wildman–Crippen LogP) is 0.127. The van der Waals surface area contributed by atoms with Gasteiger partial charge < -0.3 is 20.7 Å². The monoisotopic (exact) mass is 247 g/mol. The molecule has 0 radical (unpaired) electrons. The van der Waals surface area contributed by atoms with Crippen molar-refractivity contribution in [1.82, 2.24) is 0 Å². The van der Waals surface area contributed by atoms with Crippen LogP contribution in [0.5, 0.6) is 0 Å². The first kappa shape index (κ1) is 15.9. The molecule has 0 aromatic heterocycles. The van der Waals surface area contributed by atoms with Gasteiger partial charge in [0.2, 0.25) is 0 Å². The molecule has 0 aromatic carbocycles. The lowest BCUT2D eigenvalue weighted by molar-refractivity contribution is -0.168. The van der Waals surface area contributed by atoms with Crippen LogP contribution in [-0.4, -0.2) is 39.4 Å². The average molecular weight is 247 g/mol. The summed E-state index contributed by atoms with van der Waals surface area (Å²) in [5.74, 6) is -3.60. The summed E-state index contributed by atoms with van der Waals surface area (Å²) in [5.41, 5.74) is 3.18. The van der Waals surface area contributed by atoms with Crippen molar-refractivity contribution in [2.45, 2.75) is 51.9 Å². The smallest absolute Gasteiger partial charge is 0.324 e. The first-order chi connectivity index (χ1) is 7.36. The van der Waals surface area contributed by atoms with E-state index in [9.17, 15) is 14.7 Å². The number of aliphatic carboxylic acids is 1. The summed E-state index contributed by atoms with van der Waals surface area (Å²) in [5, 5.41) is 18.7. The van der Waals surface area contributed by atoms with Gasteiger partial charge in [0, 0.05) is 0 Å². The van der Waals surface area contributed by atoms with Crippen LogP contribution < -0.4 is 5.73 Å². The molecule has 100 valence electrons. The van der Waals surface area contributed by atoms with Gasteiger partial charge in [-0.05, 0) is 34.6 Å². The lowest BCUT2D eigenvalue weighted by Crippen LogP contribution is -2.53. The third-order valence-electron chi connectivity index (χ3n) is 2.07. The maximum atomic E-state index is 11.6. The topological polar surface area (TPSA) is 110 Å². The summed E-state index contributed by atoms with van der Waals surface area (Å²) >= 11 is 0. The highest BCUT2D eigenvalue weighted by Crippen LogP contribution is 2.21. The normalized spacial score (nSPS) is 16.2. The minimum absolute atomic E-state index is 0.753. The number of hydrogen-bond donors (Lipinski definition) is 3. The van der Waals surface area contributed by atoms with E-state index in [0.717, 1.165) is 0 Å². The molecule has 0 aliphatic rings. The molecule has 0 amide bonds. The Hall–Kier alpha value is -1.14. The second kappa shape index (κ2) is 5.01. The van der Waals surface area contributed by atoms with Crippen molar-refractivity contribution in [3.05, 3.63) is 0 Å². The van der Waals surface area contributed by atoms with Crippen LogP contribution in [0.1, 0.15) is 34.6 Å². The van der Waals surface area contributed by atoms with Crippen LogP contribution in [0.15, 0.2) is 0 Å². The highest BCUT2D eigenvalue weighted by molar-refractivity contribution is 5.84. The minimum atomic E-state index is -1.61. The fourth-order valence-corrected chi connectivity index (χ4v) is 1.40. The van der Waals surface area contributed by atoms with Crippen LogP contribution in [0.2, 0.25) is 0 Å². The molecule has 0 saturated heterocycles. The molecule has 0 saturated carbocycles. The van der Waals surface area contributed by atoms with Gasteiger partial charge in [0.15, 0.2) is 0 Å². The standard InChI is InChI=1S/C11H21NO5/c1-10(2,3)17-9(15)7(12)6(8(13)14)11(4,5)16/h6-7,16H,12H2,1-5H3,(H,13,14). The highest BCUT2D eigenvalue weighted by atomic mass is 16.6. The predicted molar refractivity (Wildman–Crippen MR) is 61.2 cm³/mol. The zero-order chi connectivity index (χ0) is 14.0. The number of hydrogen-bond acceptors (Lipinski definition) is 5. The molecule has 0 heterocycles. The van der Waals surface area contributed by atoms with Crippen LogP contribution >= 0.6 is 0 Å². The van der Waals surface area contributed by atoms with Gasteiger partial charge in [-0.15, -0.1) is 0 Å². The maximum absolute atomic E-state index is 11.6. The van der Waals surface area contributed by atoms with Crippen LogP contribution in [-0.2, 0) is 14.3 Å². The van der Waals surface area contributed by atoms with Crippen molar-refractivity contribution < 1.29 is 24.5 Å². The van der Waals surface area contributed by atoms with Gasteiger partial charge in [-0.1, -0.05) is 0 Å². The third kappa shape index (κ3) is 5.14. The Morgan fingerprint density at radius 3 is 1.82 bits per heavy atom. The zero-order valence-corrected chi connectivity index (χ0v) is 10.9. The summed E-state index contributed by atoms with van der Waals surface area (Å²) in [6, 6.07) is -1.41. The molecular formula is C11H21NO5. The van der Waals surface area contributed by atoms with Crippen molar-refractivity contribution in [3.63, 3.8) is 0 Å². The number of aliphatic hydroxyl groups is 1. The summed E-state index contributed by atoms with van der Waals surface area (Å²) in [6.07, 6.45) is 0. The molecule has 6 heteroatoms. The fraction of sp³-hybridized carbons (Fsp3) is 0.818. The molecule has 0 fully saturated rings. The Morgan fingerprint density at radius 2 is 1.59 bits per heavy atom. The van der Waals surface area contributed by atoms with E-state index < -0.39 is 35.1 Å². The summed E-state index contributed by atoms with van der Waals surface area (Å²) in [6.45, 7) is 7.53. The van der Waals surface area contributed by atoms with Crippen molar-refractivity contribution in [2.24, 2.45) is 11.7 Å². The Kier molecular flexibility index (Phi) is 4.68. The van der Waals surface area contributed by atoms with Gasteiger partial charge in [-0.2, -0.15) is 0 Å². The number of carboxylic acid groups (broad SMARTS) is 1. The van der Waals surface area contributed by atoms with E-state index >= 15 is 0 Å². The van der Waals surface area contributed by atoms with Crippen molar-refractivity contribution in [1.29, 1.82) is 0 Å². The van der Waals surface area contributed by atoms with Crippen LogP contribution in [0.4, 0.5) is 0 Å². The molecule has 0 rings (SSSR count). The van der Waals surface area contributed by atoms with Crippen molar-refractivity contribution in [3.8, 4) is 0 Å². The lowest BCUT2D eigenvalue weighted by Gasteiger charge is -2.31. The molecule has 0 aliphatic carbocycles. The highest BCUT2D eigenvalue weighted by Gasteiger charge is 2.43. The zero-order valence-electron chi connectivity index (χ0n) is 10.9. The molecule has 0 spiro atoms. The van der Waals surface area contributed by atoms with Gasteiger partial charge in [0.25, 0.3) is 0 Å². The SMILES string of the molecule is CC(C)(C)OC(=O)C(N)C(C(=O)O)C(C)(C)O. The van der Waals surface area contributed by atoms with E-state index in [1.165, 1.54) is 13.8 Å². The molecule has 6 nitrogen and oxygen atoms in total. The molecule has 2 atom stereocenters. The number of esters is 1. The number of nitrogens with two attached hydrogens (primary N) is 1. The first-order valence-corrected chi connectivity index (χ1v) is 5.30. The van der Waals surface area contributed by atoms with Gasteiger partial charge in [-0.3, -0.25) is 9.59 Å². The van der Waals surface area contributed by atoms with E-state index in [1.807, 2.05) is 0 Å². The number of carboxylic acids is 1. The number of carbonyl (C=O) groups is 2. The van der Waals surface area contributed by atoms with Crippen LogP contribution in [0.3, 0.4) is 0 Å². The number of carbonyl (C=O) groups excluding carboxylic acids is 1. The van der Waals surface area contributed by atoms with Crippen LogP contribution in [0.25, 0.3) is 0 Å². The van der Waals surface area contributed by atoms with E-state index in [1.54, 1.807) is 20.8 Å². The average Bonchev–Trinajstić information content (AvgIpc) is 1.96. The van der Waals surface area contributed by atoms with E-state index in [-0.39, 0.29) is 0 Å².